The fourth-order valence-electron chi connectivity index (χ4n) is 2.25. The molecule has 0 unspecified atom stereocenters. The molecule has 0 atom stereocenters. The summed E-state index contributed by atoms with van der Waals surface area (Å²) in [6.07, 6.45) is 2.53. The maximum atomic E-state index is 11.1. The molecular formula is C13H19N3O2. The molecule has 1 saturated heterocycles. The van der Waals surface area contributed by atoms with Crippen molar-refractivity contribution in [2.75, 3.05) is 37.2 Å². The summed E-state index contributed by atoms with van der Waals surface area (Å²) in [5.74, 6) is -0.932. The molecule has 1 fully saturated rings. The number of hydrogen-bond donors (Lipinski definition) is 3. The van der Waals surface area contributed by atoms with Gasteiger partial charge in [-0.2, -0.15) is 0 Å². The molecule has 0 amide bonds. The Morgan fingerprint density at radius 1 is 1.39 bits per heavy atom. The van der Waals surface area contributed by atoms with Crippen LogP contribution in [0.3, 0.4) is 0 Å². The molecule has 5 heteroatoms. The average molecular weight is 249 g/mol. The molecule has 98 valence electrons. The third kappa shape index (κ3) is 3.13. The maximum absolute atomic E-state index is 11.1. The van der Waals surface area contributed by atoms with Crippen LogP contribution in [0.15, 0.2) is 18.2 Å². The molecule has 0 spiro atoms. The number of rotatable bonds is 5. The van der Waals surface area contributed by atoms with E-state index < -0.39 is 5.97 Å². The molecule has 1 aromatic carbocycles. The molecule has 0 bridgehead atoms. The van der Waals surface area contributed by atoms with Crippen LogP contribution < -0.4 is 11.1 Å². The number of carboxylic acids is 1. The van der Waals surface area contributed by atoms with Crippen molar-refractivity contribution in [3.05, 3.63) is 23.8 Å². The molecule has 0 saturated carbocycles. The van der Waals surface area contributed by atoms with Gasteiger partial charge in [0.2, 0.25) is 0 Å². The van der Waals surface area contributed by atoms with Gasteiger partial charge >= 0.3 is 5.97 Å². The van der Waals surface area contributed by atoms with E-state index in [9.17, 15) is 4.79 Å². The van der Waals surface area contributed by atoms with Crippen molar-refractivity contribution >= 4 is 17.3 Å². The van der Waals surface area contributed by atoms with Gasteiger partial charge in [-0.15, -0.1) is 0 Å². The van der Waals surface area contributed by atoms with Crippen LogP contribution in [0.1, 0.15) is 23.2 Å². The highest BCUT2D eigenvalue weighted by Gasteiger charge is 2.12. The first-order valence-corrected chi connectivity index (χ1v) is 6.26. The predicted molar refractivity (Wildman–Crippen MR) is 72.0 cm³/mol. The number of carbonyl (C=O) groups is 1. The van der Waals surface area contributed by atoms with Crippen LogP contribution in [0.25, 0.3) is 0 Å². The minimum Gasteiger partial charge on any atom is -0.478 e. The third-order valence-corrected chi connectivity index (χ3v) is 3.22. The van der Waals surface area contributed by atoms with Crippen LogP contribution in [-0.2, 0) is 0 Å². The van der Waals surface area contributed by atoms with Crippen LogP contribution in [0.2, 0.25) is 0 Å². The van der Waals surface area contributed by atoms with E-state index in [4.69, 9.17) is 10.8 Å². The summed E-state index contributed by atoms with van der Waals surface area (Å²) in [5.41, 5.74) is 7.12. The third-order valence-electron chi connectivity index (χ3n) is 3.22. The van der Waals surface area contributed by atoms with Gasteiger partial charge in [0.05, 0.1) is 11.3 Å². The minimum atomic E-state index is -0.932. The monoisotopic (exact) mass is 249 g/mol. The number of anilines is 2. The molecule has 18 heavy (non-hydrogen) atoms. The van der Waals surface area contributed by atoms with Gasteiger partial charge < -0.3 is 21.1 Å². The Bertz CT molecular complexity index is 428. The average Bonchev–Trinajstić information content (AvgIpc) is 2.82. The van der Waals surface area contributed by atoms with Crippen molar-refractivity contribution in [3.63, 3.8) is 0 Å². The molecule has 2 rings (SSSR count). The van der Waals surface area contributed by atoms with E-state index in [2.05, 4.69) is 10.2 Å². The molecule has 1 heterocycles. The zero-order valence-electron chi connectivity index (χ0n) is 10.4. The lowest BCUT2D eigenvalue weighted by Crippen LogP contribution is -2.26. The van der Waals surface area contributed by atoms with E-state index >= 15 is 0 Å². The smallest absolute Gasteiger partial charge is 0.337 e. The van der Waals surface area contributed by atoms with E-state index in [0.717, 1.165) is 26.2 Å². The van der Waals surface area contributed by atoms with Crippen LogP contribution in [0.4, 0.5) is 11.4 Å². The second-order valence-electron chi connectivity index (χ2n) is 4.59. The second kappa shape index (κ2) is 5.73. The molecule has 0 aliphatic carbocycles. The van der Waals surface area contributed by atoms with Gasteiger partial charge in [0.15, 0.2) is 0 Å². The first kappa shape index (κ1) is 12.7. The highest BCUT2D eigenvalue weighted by Crippen LogP contribution is 2.19. The van der Waals surface area contributed by atoms with Crippen molar-refractivity contribution in [2.45, 2.75) is 12.8 Å². The number of benzene rings is 1. The fourth-order valence-corrected chi connectivity index (χ4v) is 2.25. The van der Waals surface area contributed by atoms with Crippen molar-refractivity contribution in [3.8, 4) is 0 Å². The summed E-state index contributed by atoms with van der Waals surface area (Å²) in [4.78, 5) is 13.4. The van der Waals surface area contributed by atoms with Crippen LogP contribution in [-0.4, -0.2) is 42.2 Å². The number of aromatic carboxylic acids is 1. The van der Waals surface area contributed by atoms with Crippen molar-refractivity contribution in [1.82, 2.24) is 4.90 Å². The number of carboxylic acid groups (broad SMARTS) is 1. The zero-order valence-corrected chi connectivity index (χ0v) is 10.4. The lowest BCUT2D eigenvalue weighted by Gasteiger charge is -2.16. The van der Waals surface area contributed by atoms with E-state index in [0.29, 0.717) is 11.4 Å². The first-order valence-electron chi connectivity index (χ1n) is 6.26. The maximum Gasteiger partial charge on any atom is 0.337 e. The van der Waals surface area contributed by atoms with Gasteiger partial charge in [-0.1, -0.05) is 0 Å². The van der Waals surface area contributed by atoms with Crippen LogP contribution >= 0.6 is 0 Å². The Hall–Kier alpha value is -1.75. The number of hydrogen-bond acceptors (Lipinski definition) is 4. The van der Waals surface area contributed by atoms with E-state index in [1.807, 2.05) is 0 Å². The second-order valence-corrected chi connectivity index (χ2v) is 4.59. The molecule has 1 aliphatic heterocycles. The molecule has 0 radical (unpaired) electrons. The highest BCUT2D eigenvalue weighted by atomic mass is 16.4. The summed E-state index contributed by atoms with van der Waals surface area (Å²) >= 11 is 0. The Morgan fingerprint density at radius 2 is 2.11 bits per heavy atom. The van der Waals surface area contributed by atoms with E-state index in [1.165, 1.54) is 18.9 Å². The van der Waals surface area contributed by atoms with Crippen molar-refractivity contribution < 1.29 is 9.90 Å². The van der Waals surface area contributed by atoms with Gasteiger partial charge in [0.1, 0.15) is 0 Å². The number of likely N-dealkylation sites (tertiary alicyclic amines) is 1. The first-order chi connectivity index (χ1) is 8.66. The largest absolute Gasteiger partial charge is 0.478 e. The fraction of sp³-hybridized carbons (Fsp3) is 0.462. The summed E-state index contributed by atoms with van der Waals surface area (Å²) in [6, 6.07) is 4.82. The summed E-state index contributed by atoms with van der Waals surface area (Å²) < 4.78 is 0. The number of nitrogens with two attached hydrogens (primary N) is 1. The van der Waals surface area contributed by atoms with Gasteiger partial charge in [-0.3, -0.25) is 0 Å². The molecular weight excluding hydrogens is 230 g/mol. The summed E-state index contributed by atoms with van der Waals surface area (Å²) in [6.45, 7) is 3.96. The van der Waals surface area contributed by atoms with Gasteiger partial charge in [0, 0.05) is 18.8 Å². The lowest BCUT2D eigenvalue weighted by molar-refractivity contribution is 0.0698. The van der Waals surface area contributed by atoms with E-state index in [1.54, 1.807) is 12.1 Å². The SMILES string of the molecule is Nc1ccc(C(=O)O)c(NCCN2CCCC2)c1. The number of nitrogen functional groups attached to an aromatic ring is 1. The Balaban J connectivity index is 1.94. The van der Waals surface area contributed by atoms with Gasteiger partial charge in [0.25, 0.3) is 0 Å². The van der Waals surface area contributed by atoms with Gasteiger partial charge in [-0.25, -0.2) is 4.79 Å². The predicted octanol–water partition coefficient (Wildman–Crippen LogP) is 1.47. The summed E-state index contributed by atoms with van der Waals surface area (Å²) in [7, 11) is 0. The minimum absolute atomic E-state index is 0.269. The molecule has 1 aliphatic rings. The Kier molecular flexibility index (Phi) is 4.04. The number of nitrogens with one attached hydrogen (secondary N) is 1. The normalized spacial score (nSPS) is 15.8. The van der Waals surface area contributed by atoms with E-state index in [-0.39, 0.29) is 5.56 Å². The quantitative estimate of drug-likeness (QED) is 0.689. The highest BCUT2D eigenvalue weighted by molar-refractivity contribution is 5.95. The number of nitrogens with zero attached hydrogens (tertiary/aromatic N) is 1. The summed E-state index contributed by atoms with van der Waals surface area (Å²) in [5, 5.41) is 12.2. The zero-order chi connectivity index (χ0) is 13.0. The standard InChI is InChI=1S/C13H19N3O2/c14-10-3-4-11(13(17)18)12(9-10)15-5-8-16-6-1-2-7-16/h3-4,9,15H,1-2,5-8,14H2,(H,17,18). The molecule has 4 N–H and O–H groups in total. The molecule has 1 aromatic rings. The van der Waals surface area contributed by atoms with Crippen LogP contribution in [0, 0.1) is 0 Å². The molecule has 0 aromatic heterocycles. The van der Waals surface area contributed by atoms with Crippen molar-refractivity contribution in [1.29, 1.82) is 0 Å². The Morgan fingerprint density at radius 3 is 2.78 bits per heavy atom. The Labute approximate surface area is 107 Å². The van der Waals surface area contributed by atoms with Gasteiger partial charge in [-0.05, 0) is 44.1 Å². The van der Waals surface area contributed by atoms with Crippen LogP contribution in [0.5, 0.6) is 0 Å². The van der Waals surface area contributed by atoms with Crippen molar-refractivity contribution in [2.24, 2.45) is 0 Å². The molecule has 5 nitrogen and oxygen atoms in total. The topological polar surface area (TPSA) is 78.6 Å². The lowest BCUT2D eigenvalue weighted by atomic mass is 10.1.